The van der Waals surface area contributed by atoms with E-state index in [0.29, 0.717) is 23.0 Å². The summed E-state index contributed by atoms with van der Waals surface area (Å²) < 4.78 is 26.6. The molecule has 114 valence electrons. The van der Waals surface area contributed by atoms with Crippen molar-refractivity contribution in [3.05, 3.63) is 28.3 Å². The van der Waals surface area contributed by atoms with Gasteiger partial charge in [0.1, 0.15) is 0 Å². The first-order chi connectivity index (χ1) is 9.20. The molecule has 0 atom stereocenters. The molecule has 0 aliphatic heterocycles. The first-order valence-electron chi connectivity index (χ1n) is 6.51. The second-order valence-electron chi connectivity index (χ2n) is 5.33. The van der Waals surface area contributed by atoms with Gasteiger partial charge in [0.25, 0.3) is 0 Å². The molecule has 20 heavy (non-hydrogen) atoms. The minimum absolute atomic E-state index is 0.241. The Labute approximate surface area is 131 Å². The van der Waals surface area contributed by atoms with E-state index in [0.717, 1.165) is 12.0 Å². The van der Waals surface area contributed by atoms with Gasteiger partial charge in [0.15, 0.2) is 0 Å². The van der Waals surface area contributed by atoms with Gasteiger partial charge in [-0.3, -0.25) is 0 Å². The zero-order valence-electron chi connectivity index (χ0n) is 12.3. The largest absolute Gasteiger partial charge is 0.243 e. The molecule has 0 radical (unpaired) electrons. The van der Waals surface area contributed by atoms with Crippen LogP contribution in [0.25, 0.3) is 0 Å². The normalized spacial score (nSPS) is 12.4. The molecule has 0 heterocycles. The Bertz CT molecular complexity index is 571. The van der Waals surface area contributed by atoms with Gasteiger partial charge in [-0.15, -0.1) is 11.6 Å². The monoisotopic (exact) mass is 337 g/mol. The molecule has 0 fully saturated rings. The van der Waals surface area contributed by atoms with Gasteiger partial charge in [-0.05, 0) is 42.5 Å². The second-order valence-corrected chi connectivity index (χ2v) is 8.05. The van der Waals surface area contributed by atoms with Gasteiger partial charge < -0.3 is 0 Å². The third-order valence-electron chi connectivity index (χ3n) is 3.29. The topological polar surface area (TPSA) is 37.4 Å². The number of hydrogen-bond acceptors (Lipinski definition) is 2. The number of rotatable bonds is 6. The zero-order valence-corrected chi connectivity index (χ0v) is 14.6. The van der Waals surface area contributed by atoms with Crippen molar-refractivity contribution in [2.45, 2.75) is 38.0 Å². The van der Waals surface area contributed by atoms with Gasteiger partial charge >= 0.3 is 0 Å². The van der Waals surface area contributed by atoms with E-state index in [1.54, 1.807) is 20.0 Å². The van der Waals surface area contributed by atoms with Gasteiger partial charge in [0.05, 0.1) is 4.90 Å². The Morgan fingerprint density at radius 1 is 1.30 bits per heavy atom. The van der Waals surface area contributed by atoms with Crippen LogP contribution in [0.1, 0.15) is 31.4 Å². The van der Waals surface area contributed by atoms with Gasteiger partial charge in [-0.1, -0.05) is 25.4 Å². The van der Waals surface area contributed by atoms with Gasteiger partial charge in [-0.25, -0.2) is 12.7 Å². The summed E-state index contributed by atoms with van der Waals surface area (Å²) in [4.78, 5) is 0.243. The number of hydrogen-bond donors (Lipinski definition) is 0. The van der Waals surface area contributed by atoms with Crippen molar-refractivity contribution in [2.24, 2.45) is 5.92 Å². The molecule has 0 aliphatic rings. The highest BCUT2D eigenvalue weighted by molar-refractivity contribution is 7.89. The predicted octanol–water partition coefficient (Wildman–Crippen LogP) is 4.05. The van der Waals surface area contributed by atoms with Crippen molar-refractivity contribution < 1.29 is 8.42 Å². The highest BCUT2D eigenvalue weighted by Gasteiger charge is 2.24. The second kappa shape index (κ2) is 7.12. The molecule has 1 rings (SSSR count). The molecule has 0 spiro atoms. The van der Waals surface area contributed by atoms with E-state index in [2.05, 4.69) is 13.8 Å². The standard InChI is InChI=1S/C14H21Cl2NO2S/c1-10(2)5-6-17(4)20(18,19)14-8-13(16)7-12(9-15)11(14)3/h7-8,10H,5-6,9H2,1-4H3. The lowest BCUT2D eigenvalue weighted by Gasteiger charge is -2.20. The Kier molecular flexibility index (Phi) is 6.32. The maximum atomic E-state index is 12.6. The SMILES string of the molecule is Cc1c(CCl)cc(Cl)cc1S(=O)(=O)N(C)CCC(C)C. The first-order valence-corrected chi connectivity index (χ1v) is 8.86. The molecular weight excluding hydrogens is 317 g/mol. The number of sulfonamides is 1. The van der Waals surface area contributed by atoms with Crippen molar-refractivity contribution >= 4 is 33.2 Å². The Morgan fingerprint density at radius 3 is 2.40 bits per heavy atom. The van der Waals surface area contributed by atoms with Crippen LogP contribution in [0.3, 0.4) is 0 Å². The first kappa shape index (κ1) is 17.8. The zero-order chi connectivity index (χ0) is 15.5. The number of benzene rings is 1. The molecule has 0 saturated carbocycles. The van der Waals surface area contributed by atoms with E-state index < -0.39 is 10.0 Å². The quantitative estimate of drug-likeness (QED) is 0.734. The summed E-state index contributed by atoms with van der Waals surface area (Å²) in [5, 5.41) is 0.391. The van der Waals surface area contributed by atoms with E-state index in [1.165, 1.54) is 10.4 Å². The third-order valence-corrected chi connectivity index (χ3v) is 5.78. The molecule has 0 saturated heterocycles. The van der Waals surface area contributed by atoms with Crippen molar-refractivity contribution in [1.29, 1.82) is 0 Å². The summed E-state index contributed by atoms with van der Waals surface area (Å²) in [5.74, 6) is 0.691. The highest BCUT2D eigenvalue weighted by atomic mass is 35.5. The Morgan fingerprint density at radius 2 is 1.90 bits per heavy atom. The smallest absolute Gasteiger partial charge is 0.207 e. The lowest BCUT2D eigenvalue weighted by molar-refractivity contribution is 0.428. The van der Waals surface area contributed by atoms with Crippen LogP contribution < -0.4 is 0 Å². The molecule has 3 nitrogen and oxygen atoms in total. The van der Waals surface area contributed by atoms with Crippen LogP contribution in [-0.2, 0) is 15.9 Å². The maximum Gasteiger partial charge on any atom is 0.243 e. The van der Waals surface area contributed by atoms with Crippen LogP contribution in [0.15, 0.2) is 17.0 Å². The van der Waals surface area contributed by atoms with E-state index in [9.17, 15) is 8.42 Å². The maximum absolute atomic E-state index is 12.6. The fourth-order valence-corrected chi connectivity index (χ4v) is 3.90. The minimum Gasteiger partial charge on any atom is -0.207 e. The van der Waals surface area contributed by atoms with Crippen molar-refractivity contribution in [1.82, 2.24) is 4.31 Å². The van der Waals surface area contributed by atoms with Crippen molar-refractivity contribution in [3.63, 3.8) is 0 Å². The van der Waals surface area contributed by atoms with Crippen molar-refractivity contribution in [2.75, 3.05) is 13.6 Å². The molecule has 0 aliphatic carbocycles. The summed E-state index contributed by atoms with van der Waals surface area (Å²) in [6.07, 6.45) is 0.817. The van der Waals surface area contributed by atoms with Crippen LogP contribution in [0, 0.1) is 12.8 Å². The van der Waals surface area contributed by atoms with Crippen molar-refractivity contribution in [3.8, 4) is 0 Å². The number of halogens is 2. The fraction of sp³-hybridized carbons (Fsp3) is 0.571. The molecule has 6 heteroatoms. The molecule has 0 amide bonds. The predicted molar refractivity (Wildman–Crippen MR) is 85.0 cm³/mol. The summed E-state index contributed by atoms with van der Waals surface area (Å²) >= 11 is 11.8. The summed E-state index contributed by atoms with van der Waals surface area (Å²) in [6, 6.07) is 3.20. The molecule has 0 unspecified atom stereocenters. The average Bonchev–Trinajstić information content (AvgIpc) is 2.37. The van der Waals surface area contributed by atoms with Gasteiger partial charge in [0, 0.05) is 24.5 Å². The lowest BCUT2D eigenvalue weighted by atomic mass is 10.1. The lowest BCUT2D eigenvalue weighted by Crippen LogP contribution is -2.29. The van der Waals surface area contributed by atoms with Crippen LogP contribution in [0.2, 0.25) is 5.02 Å². The molecule has 1 aromatic rings. The van der Waals surface area contributed by atoms with E-state index >= 15 is 0 Å². The average molecular weight is 338 g/mol. The summed E-state index contributed by atoms with van der Waals surface area (Å²) in [6.45, 7) is 6.38. The number of alkyl halides is 1. The molecule has 0 aromatic heterocycles. The van der Waals surface area contributed by atoms with Crippen LogP contribution in [-0.4, -0.2) is 26.3 Å². The van der Waals surface area contributed by atoms with E-state index in [4.69, 9.17) is 23.2 Å². The number of nitrogens with zero attached hydrogens (tertiary/aromatic N) is 1. The van der Waals surface area contributed by atoms with Gasteiger partial charge in [0.2, 0.25) is 10.0 Å². The van der Waals surface area contributed by atoms with Crippen LogP contribution in [0.4, 0.5) is 0 Å². The molecule has 1 aromatic carbocycles. The van der Waals surface area contributed by atoms with Crippen LogP contribution >= 0.6 is 23.2 Å². The van der Waals surface area contributed by atoms with E-state index in [-0.39, 0.29) is 10.8 Å². The highest BCUT2D eigenvalue weighted by Crippen LogP contribution is 2.27. The van der Waals surface area contributed by atoms with Gasteiger partial charge in [-0.2, -0.15) is 0 Å². The molecule has 0 N–H and O–H groups in total. The molecular formula is C14H21Cl2NO2S. The van der Waals surface area contributed by atoms with E-state index in [1.807, 2.05) is 0 Å². The fourth-order valence-electron chi connectivity index (χ4n) is 1.84. The third kappa shape index (κ3) is 4.10. The minimum atomic E-state index is -3.53. The Balaban J connectivity index is 3.18. The summed E-state index contributed by atoms with van der Waals surface area (Å²) in [5.41, 5.74) is 1.41. The Hall–Kier alpha value is -0.290. The molecule has 0 bridgehead atoms. The summed E-state index contributed by atoms with van der Waals surface area (Å²) in [7, 11) is -1.93. The van der Waals surface area contributed by atoms with Crippen LogP contribution in [0.5, 0.6) is 0 Å².